The van der Waals surface area contributed by atoms with Gasteiger partial charge in [0.25, 0.3) is 5.91 Å². The maximum atomic E-state index is 13.2. The quantitative estimate of drug-likeness (QED) is 0.0940. The topological polar surface area (TPSA) is 194 Å². The van der Waals surface area contributed by atoms with E-state index in [1.807, 2.05) is 24.3 Å². The molecule has 0 saturated carbocycles. The molecule has 13 nitrogen and oxygen atoms in total. The van der Waals surface area contributed by atoms with Gasteiger partial charge in [0.1, 0.15) is 23.3 Å². The van der Waals surface area contributed by atoms with Gasteiger partial charge in [-0.3, -0.25) is 28.8 Å². The predicted molar refractivity (Wildman–Crippen MR) is 199 cm³/mol. The molecule has 0 aromatic heterocycles. The lowest BCUT2D eigenvalue weighted by atomic mass is 9.95. The van der Waals surface area contributed by atoms with Gasteiger partial charge < -0.3 is 36.4 Å². The molecule has 0 heterocycles. The summed E-state index contributed by atoms with van der Waals surface area (Å²) in [5, 5.41) is 32.2. The van der Waals surface area contributed by atoms with Gasteiger partial charge >= 0.3 is 0 Å². The third-order valence-corrected chi connectivity index (χ3v) is 8.75. The highest BCUT2D eigenvalue weighted by atomic mass is 35.5. The first-order chi connectivity index (χ1) is 25.3. The van der Waals surface area contributed by atoms with E-state index in [2.05, 4.69) is 21.3 Å². The summed E-state index contributed by atoms with van der Waals surface area (Å²) in [5.41, 5.74) is 3.79. The Labute approximate surface area is 311 Å². The van der Waals surface area contributed by atoms with Crippen LogP contribution >= 0.6 is 11.6 Å². The largest absolute Gasteiger partial charge is 0.507 e. The number of likely N-dealkylation sites (N-methyl/N-ethyl adjacent to an activating group) is 1. The minimum atomic E-state index is -1.14. The summed E-state index contributed by atoms with van der Waals surface area (Å²) in [7, 11) is 1.58. The predicted octanol–water partition coefficient (Wildman–Crippen LogP) is 3.51. The summed E-state index contributed by atoms with van der Waals surface area (Å²) in [4.78, 5) is 74.7. The smallest absolute Gasteiger partial charge is 0.251 e. The van der Waals surface area contributed by atoms with Crippen molar-refractivity contribution in [2.45, 2.75) is 32.4 Å². The fourth-order valence-corrected chi connectivity index (χ4v) is 5.52. The standard InChI is InChI=1S/C39H40ClN5O8/c1-23(47)19-42-39(53)33(44-36(50)20-41-22-46)17-25-4-14-34(48)31(16-25)32-18-29(11-15-35(32)49)24(2)45(3)37(51)21-43-38(52)28-7-5-26(6-8-28)27-9-12-30(40)13-10-27/h4-16,18,22,24,33,48-49H,17,19-21H2,1-3H3,(H,41,46)(H,42,53)(H,43,52)(H,44,50). The summed E-state index contributed by atoms with van der Waals surface area (Å²) < 4.78 is 0. The minimum absolute atomic E-state index is 0.0594. The molecule has 2 atom stereocenters. The maximum Gasteiger partial charge on any atom is 0.251 e. The monoisotopic (exact) mass is 741 g/mol. The Kier molecular flexibility index (Phi) is 13.7. The number of nitrogens with zero attached hydrogens (tertiary/aromatic N) is 1. The summed E-state index contributed by atoms with van der Waals surface area (Å²) >= 11 is 5.97. The lowest BCUT2D eigenvalue weighted by molar-refractivity contribution is -0.130. The van der Waals surface area contributed by atoms with Crippen molar-refractivity contribution in [1.82, 2.24) is 26.2 Å². The Morgan fingerprint density at radius 3 is 2.02 bits per heavy atom. The molecule has 0 aliphatic rings. The van der Waals surface area contributed by atoms with Gasteiger partial charge in [-0.1, -0.05) is 48.0 Å². The third kappa shape index (κ3) is 10.9. The Balaban J connectivity index is 1.46. The number of rotatable bonds is 16. The first-order valence-corrected chi connectivity index (χ1v) is 16.9. The second-order valence-electron chi connectivity index (χ2n) is 12.3. The zero-order chi connectivity index (χ0) is 38.7. The highest BCUT2D eigenvalue weighted by Gasteiger charge is 2.24. The number of amides is 5. The Morgan fingerprint density at radius 2 is 1.40 bits per heavy atom. The van der Waals surface area contributed by atoms with Crippen LogP contribution in [0.5, 0.6) is 11.5 Å². The molecule has 0 aliphatic carbocycles. The number of phenols is 2. The zero-order valence-corrected chi connectivity index (χ0v) is 30.1. The summed E-state index contributed by atoms with van der Waals surface area (Å²) in [5.74, 6) is -2.71. The van der Waals surface area contributed by atoms with E-state index in [4.69, 9.17) is 11.6 Å². The zero-order valence-electron chi connectivity index (χ0n) is 29.3. The van der Waals surface area contributed by atoms with E-state index in [-0.39, 0.29) is 60.4 Å². The molecule has 0 fully saturated rings. The third-order valence-electron chi connectivity index (χ3n) is 8.50. The highest BCUT2D eigenvalue weighted by Crippen LogP contribution is 2.38. The maximum absolute atomic E-state index is 13.2. The van der Waals surface area contributed by atoms with Gasteiger partial charge in [-0.05, 0) is 84.6 Å². The average molecular weight is 742 g/mol. The van der Waals surface area contributed by atoms with E-state index in [0.717, 1.165) is 11.1 Å². The number of hydrogen-bond donors (Lipinski definition) is 6. The van der Waals surface area contributed by atoms with E-state index in [0.29, 0.717) is 28.1 Å². The molecule has 5 amide bonds. The molecule has 0 radical (unpaired) electrons. The minimum Gasteiger partial charge on any atom is -0.507 e. The molecule has 53 heavy (non-hydrogen) atoms. The molecule has 14 heteroatoms. The molecule has 0 saturated heterocycles. The van der Waals surface area contributed by atoms with Crippen LogP contribution in [-0.4, -0.2) is 83.7 Å². The van der Waals surface area contributed by atoms with Gasteiger partial charge in [0, 0.05) is 35.2 Å². The lowest BCUT2D eigenvalue weighted by Crippen LogP contribution is -2.50. The van der Waals surface area contributed by atoms with Crippen molar-refractivity contribution in [1.29, 1.82) is 0 Å². The molecule has 4 aromatic carbocycles. The lowest BCUT2D eigenvalue weighted by Gasteiger charge is -2.26. The number of nitrogens with one attached hydrogen (secondary N) is 4. The molecule has 4 rings (SSSR count). The number of carbonyl (C=O) groups excluding carboxylic acids is 6. The van der Waals surface area contributed by atoms with Gasteiger partial charge in [0.2, 0.25) is 24.1 Å². The fourth-order valence-electron chi connectivity index (χ4n) is 5.39. The number of ketones is 1. The van der Waals surface area contributed by atoms with Crippen LogP contribution in [0.2, 0.25) is 5.02 Å². The molecular weight excluding hydrogens is 702 g/mol. The van der Waals surface area contributed by atoms with Crippen molar-refractivity contribution in [2.24, 2.45) is 0 Å². The molecule has 4 aromatic rings. The molecule has 0 spiro atoms. The molecule has 0 aliphatic heterocycles. The number of carbonyl (C=O) groups is 6. The second kappa shape index (κ2) is 18.3. The highest BCUT2D eigenvalue weighted by molar-refractivity contribution is 6.30. The van der Waals surface area contributed by atoms with Gasteiger partial charge in [0.15, 0.2) is 0 Å². The first kappa shape index (κ1) is 39.6. The van der Waals surface area contributed by atoms with Crippen LogP contribution in [0.25, 0.3) is 22.3 Å². The molecule has 6 N–H and O–H groups in total. The first-order valence-electron chi connectivity index (χ1n) is 16.6. The van der Waals surface area contributed by atoms with E-state index >= 15 is 0 Å². The van der Waals surface area contributed by atoms with Crippen LogP contribution < -0.4 is 21.3 Å². The van der Waals surface area contributed by atoms with E-state index in [1.165, 1.54) is 30.0 Å². The van der Waals surface area contributed by atoms with Crippen LogP contribution in [0.1, 0.15) is 41.4 Å². The van der Waals surface area contributed by atoms with Gasteiger partial charge in [-0.25, -0.2) is 0 Å². The normalized spacial score (nSPS) is 11.8. The number of phenolic OH excluding ortho intramolecular Hbond substituents is 2. The molecule has 2 unspecified atom stereocenters. The van der Waals surface area contributed by atoms with Crippen molar-refractivity contribution < 1.29 is 39.0 Å². The van der Waals surface area contributed by atoms with Crippen molar-refractivity contribution >= 4 is 47.4 Å². The van der Waals surface area contributed by atoms with Crippen molar-refractivity contribution in [2.75, 3.05) is 26.7 Å². The summed E-state index contributed by atoms with van der Waals surface area (Å²) in [6.45, 7) is 2.18. The van der Waals surface area contributed by atoms with E-state index in [1.54, 1.807) is 56.4 Å². The Bertz CT molecular complexity index is 1990. The number of hydrogen-bond acceptors (Lipinski definition) is 8. The van der Waals surface area contributed by atoms with Crippen molar-refractivity contribution in [3.8, 4) is 33.8 Å². The van der Waals surface area contributed by atoms with Crippen molar-refractivity contribution in [3.63, 3.8) is 0 Å². The van der Waals surface area contributed by atoms with Gasteiger partial charge in [-0.2, -0.15) is 0 Å². The average Bonchev–Trinajstić information content (AvgIpc) is 3.15. The van der Waals surface area contributed by atoms with Crippen LogP contribution in [-0.2, 0) is 30.4 Å². The number of aromatic hydroxyl groups is 2. The van der Waals surface area contributed by atoms with Crippen LogP contribution in [0, 0.1) is 0 Å². The molecule has 276 valence electrons. The number of Topliss-reactive ketones (excluding diaryl/α,β-unsaturated/α-hetero) is 1. The van der Waals surface area contributed by atoms with Crippen molar-refractivity contribution in [3.05, 3.63) is 107 Å². The number of benzene rings is 4. The summed E-state index contributed by atoms with van der Waals surface area (Å²) in [6, 6.07) is 21.8. The van der Waals surface area contributed by atoms with Gasteiger partial charge in [-0.15, -0.1) is 0 Å². The van der Waals surface area contributed by atoms with E-state index < -0.39 is 29.8 Å². The van der Waals surface area contributed by atoms with E-state index in [9.17, 15) is 39.0 Å². The second-order valence-corrected chi connectivity index (χ2v) is 12.8. The molecule has 0 bridgehead atoms. The Hall–Kier alpha value is -6.21. The summed E-state index contributed by atoms with van der Waals surface area (Å²) in [6.07, 6.45) is 0.283. The fraction of sp³-hybridized carbons (Fsp3) is 0.231. The SMILES string of the molecule is CC(=O)CNC(=O)C(Cc1ccc(O)c(-c2cc(C(C)N(C)C(=O)CNC(=O)c3ccc(-c4ccc(Cl)cc4)cc3)ccc2O)c1)NC(=O)CNC=O. The van der Waals surface area contributed by atoms with Gasteiger partial charge in [0.05, 0.1) is 25.7 Å². The van der Waals surface area contributed by atoms with Crippen LogP contribution in [0.4, 0.5) is 0 Å². The van der Waals surface area contributed by atoms with Crippen LogP contribution in [0.3, 0.4) is 0 Å². The molecular formula is C39H40ClN5O8. The number of halogens is 1. The van der Waals surface area contributed by atoms with Crippen LogP contribution in [0.15, 0.2) is 84.9 Å². The Morgan fingerprint density at radius 1 is 0.792 bits per heavy atom.